The highest BCUT2D eigenvalue weighted by molar-refractivity contribution is 7.86. The van der Waals surface area contributed by atoms with E-state index in [-0.39, 0.29) is 25.6 Å². The lowest BCUT2D eigenvalue weighted by Crippen LogP contribution is -2.56. The molecule has 0 spiro atoms. The number of carbonyl (C=O) groups is 2. The Hall–Kier alpha value is -1.35. The van der Waals surface area contributed by atoms with Crippen LogP contribution < -0.4 is 0 Å². The summed E-state index contributed by atoms with van der Waals surface area (Å²) < 4.78 is 38.6. The summed E-state index contributed by atoms with van der Waals surface area (Å²) in [5.74, 6) is -1.47. The lowest BCUT2D eigenvalue weighted by atomic mass is 9.89. The molecule has 1 aliphatic rings. The molecule has 8 nitrogen and oxygen atoms in total. The van der Waals surface area contributed by atoms with Crippen LogP contribution in [0.2, 0.25) is 0 Å². The predicted molar refractivity (Wildman–Crippen MR) is 91.5 cm³/mol. The van der Waals surface area contributed by atoms with Crippen LogP contribution in [0.4, 0.5) is 4.79 Å². The number of esters is 1. The van der Waals surface area contributed by atoms with Crippen LogP contribution in [0.3, 0.4) is 0 Å². The van der Waals surface area contributed by atoms with Crippen LogP contribution in [-0.2, 0) is 28.6 Å². The van der Waals surface area contributed by atoms with Gasteiger partial charge in [-0.1, -0.05) is 6.92 Å². The summed E-state index contributed by atoms with van der Waals surface area (Å²) in [5, 5.41) is 0. The minimum atomic E-state index is -3.75. The number of rotatable bonds is 5. The molecule has 3 atom stereocenters. The first-order valence-corrected chi connectivity index (χ1v) is 10.2. The van der Waals surface area contributed by atoms with Gasteiger partial charge in [0.2, 0.25) is 0 Å². The van der Waals surface area contributed by atoms with Gasteiger partial charge in [0.1, 0.15) is 11.5 Å². The van der Waals surface area contributed by atoms with Gasteiger partial charge in [-0.05, 0) is 40.5 Å². The van der Waals surface area contributed by atoms with Crippen molar-refractivity contribution in [2.24, 2.45) is 5.92 Å². The van der Waals surface area contributed by atoms with Crippen LogP contribution in [0, 0.1) is 5.92 Å². The van der Waals surface area contributed by atoms with Crippen molar-refractivity contribution in [3.05, 3.63) is 0 Å². The Kier molecular flexibility index (Phi) is 7.25. The van der Waals surface area contributed by atoms with Gasteiger partial charge in [0, 0.05) is 12.6 Å². The number of carbonyl (C=O) groups excluding carboxylic acids is 2. The van der Waals surface area contributed by atoms with Crippen LogP contribution in [0.25, 0.3) is 0 Å². The Morgan fingerprint density at radius 2 is 1.80 bits per heavy atom. The lowest BCUT2D eigenvalue weighted by Gasteiger charge is -2.42. The van der Waals surface area contributed by atoms with Crippen molar-refractivity contribution in [3.8, 4) is 0 Å². The molecule has 25 heavy (non-hydrogen) atoms. The first-order valence-electron chi connectivity index (χ1n) is 8.42. The molecule has 1 heterocycles. The van der Waals surface area contributed by atoms with E-state index in [0.29, 0.717) is 6.42 Å². The van der Waals surface area contributed by atoms with E-state index in [1.165, 1.54) is 4.90 Å². The molecular weight excluding hydrogens is 350 g/mol. The van der Waals surface area contributed by atoms with E-state index in [1.54, 1.807) is 27.7 Å². The Bertz CT molecular complexity index is 582. The Morgan fingerprint density at radius 3 is 2.24 bits per heavy atom. The fraction of sp³-hybridized carbons (Fsp3) is 0.875. The largest absolute Gasteiger partial charge is 0.466 e. The second-order valence-corrected chi connectivity index (χ2v) is 8.73. The third-order valence-electron chi connectivity index (χ3n) is 3.77. The van der Waals surface area contributed by atoms with E-state index in [1.807, 2.05) is 6.92 Å². The molecule has 0 aromatic carbocycles. The molecule has 0 bridgehead atoms. The van der Waals surface area contributed by atoms with Crippen LogP contribution >= 0.6 is 0 Å². The van der Waals surface area contributed by atoms with Crippen molar-refractivity contribution < 1.29 is 31.7 Å². The monoisotopic (exact) mass is 379 g/mol. The zero-order chi connectivity index (χ0) is 19.4. The zero-order valence-corrected chi connectivity index (χ0v) is 16.6. The van der Waals surface area contributed by atoms with Gasteiger partial charge >= 0.3 is 12.1 Å². The number of nitrogens with zero attached hydrogens (tertiary/aromatic N) is 1. The van der Waals surface area contributed by atoms with Gasteiger partial charge in [-0.2, -0.15) is 8.42 Å². The van der Waals surface area contributed by atoms with Crippen LogP contribution in [0.5, 0.6) is 0 Å². The number of piperidine rings is 1. The molecule has 1 amide bonds. The Morgan fingerprint density at radius 1 is 1.20 bits per heavy atom. The third-order valence-corrected chi connectivity index (χ3v) is 4.37. The average Bonchev–Trinajstić information content (AvgIpc) is 2.43. The summed E-state index contributed by atoms with van der Waals surface area (Å²) in [6.07, 6.45) is 0.338. The second-order valence-electron chi connectivity index (χ2n) is 7.13. The number of hydrogen-bond acceptors (Lipinski definition) is 7. The summed E-state index contributed by atoms with van der Waals surface area (Å²) in [6, 6.07) is -0.285. The molecule has 146 valence electrons. The summed E-state index contributed by atoms with van der Waals surface area (Å²) in [5.41, 5.74) is -0.672. The lowest BCUT2D eigenvalue weighted by molar-refractivity contribution is -0.154. The van der Waals surface area contributed by atoms with E-state index in [0.717, 1.165) is 6.26 Å². The first-order chi connectivity index (χ1) is 11.4. The Balaban J connectivity index is 3.07. The van der Waals surface area contributed by atoms with Crippen molar-refractivity contribution in [1.82, 2.24) is 4.90 Å². The molecule has 1 rings (SSSR count). The van der Waals surface area contributed by atoms with E-state index in [4.69, 9.17) is 13.7 Å². The zero-order valence-electron chi connectivity index (χ0n) is 15.8. The third kappa shape index (κ3) is 6.81. The maximum absolute atomic E-state index is 12.5. The molecule has 0 saturated carbocycles. The van der Waals surface area contributed by atoms with Crippen molar-refractivity contribution in [2.45, 2.75) is 65.2 Å². The summed E-state index contributed by atoms with van der Waals surface area (Å²) in [4.78, 5) is 26.2. The number of amides is 1. The molecule has 0 N–H and O–H groups in total. The van der Waals surface area contributed by atoms with E-state index < -0.39 is 39.8 Å². The fourth-order valence-electron chi connectivity index (χ4n) is 2.78. The molecule has 3 unspecified atom stereocenters. The maximum Gasteiger partial charge on any atom is 0.410 e. The van der Waals surface area contributed by atoms with E-state index in [9.17, 15) is 18.0 Å². The van der Waals surface area contributed by atoms with Gasteiger partial charge in [0.15, 0.2) is 0 Å². The van der Waals surface area contributed by atoms with Crippen LogP contribution in [0.15, 0.2) is 0 Å². The molecule has 1 aliphatic heterocycles. The average molecular weight is 379 g/mol. The van der Waals surface area contributed by atoms with Gasteiger partial charge in [-0.15, -0.1) is 0 Å². The molecule has 1 fully saturated rings. The highest BCUT2D eigenvalue weighted by Gasteiger charge is 2.44. The quantitative estimate of drug-likeness (QED) is 0.531. The van der Waals surface area contributed by atoms with Crippen molar-refractivity contribution in [2.75, 3.05) is 19.4 Å². The van der Waals surface area contributed by atoms with Crippen LogP contribution in [-0.4, -0.2) is 62.5 Å². The van der Waals surface area contributed by atoms with Crippen molar-refractivity contribution >= 4 is 22.2 Å². The molecule has 0 radical (unpaired) electrons. The summed E-state index contributed by atoms with van der Waals surface area (Å²) >= 11 is 0. The highest BCUT2D eigenvalue weighted by atomic mass is 32.2. The topological polar surface area (TPSA) is 99.2 Å². The van der Waals surface area contributed by atoms with Crippen molar-refractivity contribution in [3.63, 3.8) is 0 Å². The molecule has 1 saturated heterocycles. The SMILES string of the molecule is CCOC(=O)C1CN(C(=O)OC(C)(C)C)C(CC)CC1OS(C)(=O)=O. The maximum atomic E-state index is 12.5. The van der Waals surface area contributed by atoms with E-state index in [2.05, 4.69) is 0 Å². The van der Waals surface area contributed by atoms with Crippen LogP contribution in [0.1, 0.15) is 47.5 Å². The predicted octanol–water partition coefficient (Wildman–Crippen LogP) is 1.93. The van der Waals surface area contributed by atoms with Gasteiger partial charge < -0.3 is 14.4 Å². The normalized spacial score (nSPS) is 24.7. The molecule has 0 aromatic heterocycles. The van der Waals surface area contributed by atoms with Gasteiger partial charge in [0.25, 0.3) is 10.1 Å². The molecular formula is C16H29NO7S. The standard InChI is InChI=1S/C16H29NO7S/c1-7-11-9-13(24-25(6,20)21)12(14(18)22-8-2)10-17(11)15(19)23-16(3,4)5/h11-13H,7-10H2,1-6H3. The number of hydrogen-bond donors (Lipinski definition) is 0. The minimum Gasteiger partial charge on any atom is -0.466 e. The first kappa shape index (κ1) is 21.7. The molecule has 9 heteroatoms. The number of ether oxygens (including phenoxy) is 2. The van der Waals surface area contributed by atoms with E-state index >= 15 is 0 Å². The second kappa shape index (κ2) is 8.35. The molecule has 0 aromatic rings. The van der Waals surface area contributed by atoms with Gasteiger partial charge in [-0.3, -0.25) is 8.98 Å². The Labute approximate surface area is 149 Å². The summed E-state index contributed by atoms with van der Waals surface area (Å²) in [6.45, 7) is 8.96. The minimum absolute atomic E-state index is 0.00750. The fourth-order valence-corrected chi connectivity index (χ4v) is 3.44. The van der Waals surface area contributed by atoms with Crippen molar-refractivity contribution in [1.29, 1.82) is 0 Å². The smallest absolute Gasteiger partial charge is 0.410 e. The molecule has 0 aliphatic carbocycles. The number of likely N-dealkylation sites (tertiary alicyclic amines) is 1. The van der Waals surface area contributed by atoms with Gasteiger partial charge in [0.05, 0.1) is 19.0 Å². The highest BCUT2D eigenvalue weighted by Crippen LogP contribution is 2.30. The summed E-state index contributed by atoms with van der Waals surface area (Å²) in [7, 11) is -3.75. The van der Waals surface area contributed by atoms with Gasteiger partial charge in [-0.25, -0.2) is 4.79 Å².